The van der Waals surface area contributed by atoms with Crippen LogP contribution in [0.5, 0.6) is 5.88 Å². The minimum absolute atomic E-state index is 0.185. The lowest BCUT2D eigenvalue weighted by Gasteiger charge is -2.07. The van der Waals surface area contributed by atoms with Crippen LogP contribution in [0, 0.1) is 6.92 Å². The van der Waals surface area contributed by atoms with Crippen LogP contribution in [0.4, 0.5) is 14.7 Å². The fraction of sp³-hybridized carbons (Fsp3) is 0.500. The normalized spacial score (nSPS) is 10.4. The van der Waals surface area contributed by atoms with Gasteiger partial charge in [0.15, 0.2) is 6.61 Å². The van der Waals surface area contributed by atoms with Crippen LogP contribution in [0.2, 0.25) is 0 Å². The summed E-state index contributed by atoms with van der Waals surface area (Å²) in [6, 6.07) is 0. The van der Waals surface area contributed by atoms with Crippen LogP contribution >= 0.6 is 0 Å². The Morgan fingerprint density at radius 1 is 1.57 bits per heavy atom. The summed E-state index contributed by atoms with van der Waals surface area (Å²) in [7, 11) is 1.64. The van der Waals surface area contributed by atoms with E-state index < -0.39 is 13.0 Å². The molecular formula is C8H11F2N3O. The smallest absolute Gasteiger partial charge is 0.272 e. The zero-order chi connectivity index (χ0) is 10.6. The molecule has 0 unspecified atom stereocenters. The quantitative estimate of drug-likeness (QED) is 0.804. The second-order valence-electron chi connectivity index (χ2n) is 2.63. The number of hydrogen-bond donors (Lipinski definition) is 1. The zero-order valence-corrected chi connectivity index (χ0v) is 7.92. The maximum atomic E-state index is 11.9. The van der Waals surface area contributed by atoms with Crippen molar-refractivity contribution in [3.05, 3.63) is 11.8 Å². The molecule has 0 aliphatic rings. The molecule has 0 spiro atoms. The van der Waals surface area contributed by atoms with Gasteiger partial charge >= 0.3 is 0 Å². The second kappa shape index (κ2) is 4.69. The molecule has 0 bridgehead atoms. The molecule has 1 aromatic rings. The maximum Gasteiger partial charge on any atom is 0.272 e. The molecule has 1 aromatic heterocycles. The molecule has 0 saturated carbocycles. The SMILES string of the molecule is CNc1ncc(C)c(OCC(F)F)n1. The first kappa shape index (κ1) is 10.6. The summed E-state index contributed by atoms with van der Waals surface area (Å²) in [5, 5.41) is 2.69. The number of aromatic nitrogens is 2. The maximum absolute atomic E-state index is 11.9. The molecule has 0 atom stereocenters. The summed E-state index contributed by atoms with van der Waals surface area (Å²) >= 11 is 0. The molecule has 6 heteroatoms. The Kier molecular flexibility index (Phi) is 3.55. The van der Waals surface area contributed by atoms with Crippen molar-refractivity contribution >= 4 is 5.95 Å². The molecule has 0 aliphatic heterocycles. The topological polar surface area (TPSA) is 47.0 Å². The Balaban J connectivity index is 2.73. The number of nitrogens with one attached hydrogen (secondary N) is 1. The first-order valence-corrected chi connectivity index (χ1v) is 4.06. The van der Waals surface area contributed by atoms with Gasteiger partial charge in [-0.1, -0.05) is 0 Å². The third-order valence-corrected chi connectivity index (χ3v) is 1.49. The number of ether oxygens (including phenoxy) is 1. The fourth-order valence-corrected chi connectivity index (χ4v) is 0.835. The molecule has 0 aromatic carbocycles. The van der Waals surface area contributed by atoms with Crippen LogP contribution < -0.4 is 10.1 Å². The van der Waals surface area contributed by atoms with Gasteiger partial charge in [-0.05, 0) is 6.92 Å². The number of anilines is 1. The average molecular weight is 203 g/mol. The first-order chi connectivity index (χ1) is 6.63. The highest BCUT2D eigenvalue weighted by Crippen LogP contribution is 2.15. The lowest BCUT2D eigenvalue weighted by molar-refractivity contribution is 0.0792. The molecule has 0 aliphatic carbocycles. The van der Waals surface area contributed by atoms with Crippen molar-refractivity contribution < 1.29 is 13.5 Å². The first-order valence-electron chi connectivity index (χ1n) is 4.06. The Morgan fingerprint density at radius 2 is 2.29 bits per heavy atom. The van der Waals surface area contributed by atoms with Crippen molar-refractivity contribution in [2.24, 2.45) is 0 Å². The number of hydrogen-bond acceptors (Lipinski definition) is 4. The molecule has 0 saturated heterocycles. The molecule has 0 fully saturated rings. The molecule has 0 radical (unpaired) electrons. The largest absolute Gasteiger partial charge is 0.471 e. The predicted octanol–water partition coefficient (Wildman–Crippen LogP) is 1.47. The van der Waals surface area contributed by atoms with Gasteiger partial charge in [0.2, 0.25) is 11.8 Å². The van der Waals surface area contributed by atoms with E-state index in [0.717, 1.165) is 0 Å². The second-order valence-corrected chi connectivity index (χ2v) is 2.63. The Bertz CT molecular complexity index is 307. The van der Waals surface area contributed by atoms with Crippen LogP contribution in [-0.4, -0.2) is 30.0 Å². The molecular weight excluding hydrogens is 192 g/mol. The molecule has 0 amide bonds. The molecule has 4 nitrogen and oxygen atoms in total. The number of rotatable bonds is 4. The van der Waals surface area contributed by atoms with Crippen LogP contribution in [0.1, 0.15) is 5.56 Å². The van der Waals surface area contributed by atoms with Crippen LogP contribution in [0.15, 0.2) is 6.20 Å². The van der Waals surface area contributed by atoms with Crippen molar-refractivity contribution in [1.82, 2.24) is 9.97 Å². The summed E-state index contributed by atoms with van der Waals surface area (Å²) in [4.78, 5) is 7.78. The molecule has 1 rings (SSSR count). The van der Waals surface area contributed by atoms with Gasteiger partial charge in [-0.15, -0.1) is 0 Å². The Hall–Kier alpha value is -1.46. The molecule has 78 valence electrons. The van der Waals surface area contributed by atoms with Crippen molar-refractivity contribution in [1.29, 1.82) is 0 Å². The number of halogens is 2. The third kappa shape index (κ3) is 2.79. The lowest BCUT2D eigenvalue weighted by atomic mass is 10.4. The average Bonchev–Trinajstić information content (AvgIpc) is 2.16. The number of nitrogens with zero attached hydrogens (tertiary/aromatic N) is 2. The van der Waals surface area contributed by atoms with Crippen LogP contribution in [-0.2, 0) is 0 Å². The summed E-state index contributed by atoms with van der Waals surface area (Å²) in [5.41, 5.74) is 0.629. The predicted molar refractivity (Wildman–Crippen MR) is 47.8 cm³/mol. The molecule has 1 N–H and O–H groups in total. The van der Waals surface area contributed by atoms with Gasteiger partial charge in [-0.2, -0.15) is 4.98 Å². The van der Waals surface area contributed by atoms with Gasteiger partial charge in [0.25, 0.3) is 6.43 Å². The van der Waals surface area contributed by atoms with Crippen molar-refractivity contribution in [3.8, 4) is 5.88 Å². The molecule has 14 heavy (non-hydrogen) atoms. The highest BCUT2D eigenvalue weighted by Gasteiger charge is 2.08. The zero-order valence-electron chi connectivity index (χ0n) is 7.92. The summed E-state index contributed by atoms with van der Waals surface area (Å²) in [6.45, 7) is 1.04. The monoisotopic (exact) mass is 203 g/mol. The minimum Gasteiger partial charge on any atom is -0.471 e. The van der Waals surface area contributed by atoms with E-state index in [0.29, 0.717) is 11.5 Å². The van der Waals surface area contributed by atoms with Gasteiger partial charge in [-0.3, -0.25) is 0 Å². The van der Waals surface area contributed by atoms with E-state index in [2.05, 4.69) is 15.3 Å². The van der Waals surface area contributed by atoms with Crippen molar-refractivity contribution in [2.75, 3.05) is 19.0 Å². The van der Waals surface area contributed by atoms with Gasteiger partial charge in [-0.25, -0.2) is 13.8 Å². The molecule has 1 heterocycles. The highest BCUT2D eigenvalue weighted by atomic mass is 19.3. The number of alkyl halides is 2. The summed E-state index contributed by atoms with van der Waals surface area (Å²) in [6.07, 6.45) is -0.984. The van der Waals surface area contributed by atoms with E-state index in [1.165, 1.54) is 6.20 Å². The van der Waals surface area contributed by atoms with E-state index in [1.54, 1.807) is 14.0 Å². The van der Waals surface area contributed by atoms with E-state index in [-0.39, 0.29) is 5.88 Å². The van der Waals surface area contributed by atoms with Crippen molar-refractivity contribution in [3.63, 3.8) is 0 Å². The van der Waals surface area contributed by atoms with E-state index in [9.17, 15) is 8.78 Å². The van der Waals surface area contributed by atoms with Gasteiger partial charge in [0, 0.05) is 18.8 Å². The van der Waals surface area contributed by atoms with Gasteiger partial charge in [0.1, 0.15) is 0 Å². The van der Waals surface area contributed by atoms with Crippen LogP contribution in [0.3, 0.4) is 0 Å². The standard InChI is InChI=1S/C8H11F2N3O/c1-5-3-12-8(11-2)13-7(5)14-4-6(9)10/h3,6H,4H2,1-2H3,(H,11,12,13). The number of aryl methyl sites for hydroxylation is 1. The van der Waals surface area contributed by atoms with E-state index in [1.807, 2.05) is 0 Å². The third-order valence-electron chi connectivity index (χ3n) is 1.49. The van der Waals surface area contributed by atoms with E-state index >= 15 is 0 Å². The van der Waals surface area contributed by atoms with Crippen molar-refractivity contribution in [2.45, 2.75) is 13.3 Å². The Labute approximate surface area is 80.3 Å². The van der Waals surface area contributed by atoms with Crippen LogP contribution in [0.25, 0.3) is 0 Å². The lowest BCUT2D eigenvalue weighted by Crippen LogP contribution is -2.10. The summed E-state index contributed by atoms with van der Waals surface area (Å²) < 4.78 is 28.5. The highest BCUT2D eigenvalue weighted by molar-refractivity contribution is 5.31. The minimum atomic E-state index is -2.50. The van der Waals surface area contributed by atoms with Gasteiger partial charge < -0.3 is 10.1 Å². The summed E-state index contributed by atoms with van der Waals surface area (Å²) in [5.74, 6) is 0.532. The fourth-order valence-electron chi connectivity index (χ4n) is 0.835. The Morgan fingerprint density at radius 3 is 2.86 bits per heavy atom. The van der Waals surface area contributed by atoms with Gasteiger partial charge in [0.05, 0.1) is 0 Å². The van der Waals surface area contributed by atoms with E-state index in [4.69, 9.17) is 4.74 Å².